The predicted octanol–water partition coefficient (Wildman–Crippen LogP) is 4.31. The summed E-state index contributed by atoms with van der Waals surface area (Å²) in [5.74, 6) is 2.41. The summed E-state index contributed by atoms with van der Waals surface area (Å²) in [5.41, 5.74) is 1.13. The van der Waals surface area contributed by atoms with Crippen molar-refractivity contribution in [3.63, 3.8) is 0 Å². The molecule has 0 bridgehead atoms. The van der Waals surface area contributed by atoms with Crippen LogP contribution in [0.3, 0.4) is 0 Å². The first-order chi connectivity index (χ1) is 9.58. The van der Waals surface area contributed by atoms with E-state index in [0.29, 0.717) is 0 Å². The zero-order chi connectivity index (χ0) is 14.5. The highest BCUT2D eigenvalue weighted by molar-refractivity contribution is 9.10. The molecular weight excluding hydrogens is 318 g/mol. The summed E-state index contributed by atoms with van der Waals surface area (Å²) in [5, 5.41) is 0. The van der Waals surface area contributed by atoms with Crippen molar-refractivity contribution < 1.29 is 9.47 Å². The molecule has 0 saturated heterocycles. The fraction of sp³-hybridized carbons (Fsp3) is 0.250. The molecule has 0 aliphatic heterocycles. The number of ether oxygens (including phenoxy) is 2. The SMILES string of the molecule is COc1cccc(Oc2ccc(Br)cc2CN(C)C)c1. The lowest BCUT2D eigenvalue weighted by Gasteiger charge is -2.15. The van der Waals surface area contributed by atoms with Gasteiger partial charge in [0, 0.05) is 22.6 Å². The quantitative estimate of drug-likeness (QED) is 0.812. The van der Waals surface area contributed by atoms with Gasteiger partial charge in [-0.1, -0.05) is 22.0 Å². The lowest BCUT2D eigenvalue weighted by Crippen LogP contribution is -2.11. The molecule has 0 unspecified atom stereocenters. The van der Waals surface area contributed by atoms with Crippen LogP contribution in [0.4, 0.5) is 0 Å². The molecule has 0 aromatic heterocycles. The average Bonchev–Trinajstić information content (AvgIpc) is 2.41. The minimum Gasteiger partial charge on any atom is -0.497 e. The molecule has 4 heteroatoms. The molecule has 0 fully saturated rings. The standard InChI is InChI=1S/C16H18BrNO2/c1-18(2)11-12-9-13(17)7-8-16(12)20-15-6-4-5-14(10-15)19-3/h4-10H,11H2,1-3H3. The number of hydrogen-bond donors (Lipinski definition) is 0. The molecule has 106 valence electrons. The molecule has 0 radical (unpaired) electrons. The van der Waals surface area contributed by atoms with E-state index in [1.807, 2.05) is 50.5 Å². The van der Waals surface area contributed by atoms with Crippen LogP contribution >= 0.6 is 15.9 Å². The second-order valence-corrected chi connectivity index (χ2v) is 5.69. The number of methoxy groups -OCH3 is 1. The average molecular weight is 336 g/mol. The van der Waals surface area contributed by atoms with Crippen molar-refractivity contribution in [3.8, 4) is 17.2 Å². The van der Waals surface area contributed by atoms with Gasteiger partial charge in [-0.05, 0) is 44.4 Å². The van der Waals surface area contributed by atoms with Crippen molar-refractivity contribution in [1.29, 1.82) is 0 Å². The molecule has 2 aromatic rings. The summed E-state index contributed by atoms with van der Waals surface area (Å²) < 4.78 is 12.2. The van der Waals surface area contributed by atoms with E-state index in [-0.39, 0.29) is 0 Å². The van der Waals surface area contributed by atoms with Gasteiger partial charge >= 0.3 is 0 Å². The van der Waals surface area contributed by atoms with Crippen molar-refractivity contribution in [3.05, 3.63) is 52.5 Å². The summed E-state index contributed by atoms with van der Waals surface area (Å²) in [6.07, 6.45) is 0. The molecule has 0 saturated carbocycles. The van der Waals surface area contributed by atoms with Gasteiger partial charge in [0.2, 0.25) is 0 Å². The molecular formula is C16H18BrNO2. The van der Waals surface area contributed by atoms with Gasteiger partial charge in [0.1, 0.15) is 17.2 Å². The van der Waals surface area contributed by atoms with Crippen molar-refractivity contribution in [2.24, 2.45) is 0 Å². The van der Waals surface area contributed by atoms with Crippen LogP contribution in [0.15, 0.2) is 46.9 Å². The Kier molecular flexibility index (Phi) is 5.04. The van der Waals surface area contributed by atoms with Crippen molar-refractivity contribution >= 4 is 15.9 Å². The first-order valence-corrected chi connectivity index (χ1v) is 7.13. The van der Waals surface area contributed by atoms with Crippen molar-refractivity contribution in [1.82, 2.24) is 4.90 Å². The van der Waals surface area contributed by atoms with Crippen LogP contribution in [0, 0.1) is 0 Å². The molecule has 20 heavy (non-hydrogen) atoms. The third-order valence-electron chi connectivity index (χ3n) is 2.78. The zero-order valence-electron chi connectivity index (χ0n) is 11.9. The number of benzene rings is 2. The van der Waals surface area contributed by atoms with Crippen LogP contribution in [-0.4, -0.2) is 26.1 Å². The van der Waals surface area contributed by atoms with Crippen molar-refractivity contribution in [2.75, 3.05) is 21.2 Å². The molecule has 0 spiro atoms. The van der Waals surface area contributed by atoms with Gasteiger partial charge in [-0.2, -0.15) is 0 Å². The smallest absolute Gasteiger partial charge is 0.132 e. The minimum absolute atomic E-state index is 0.770. The fourth-order valence-corrected chi connectivity index (χ4v) is 2.31. The monoisotopic (exact) mass is 335 g/mol. The first kappa shape index (κ1) is 14.9. The van der Waals surface area contributed by atoms with Crippen LogP contribution in [0.25, 0.3) is 0 Å². The Balaban J connectivity index is 2.27. The Labute approximate surface area is 128 Å². The Morgan fingerprint density at radius 2 is 1.80 bits per heavy atom. The van der Waals surface area contributed by atoms with E-state index in [9.17, 15) is 0 Å². The highest BCUT2D eigenvalue weighted by atomic mass is 79.9. The molecule has 0 atom stereocenters. The fourth-order valence-electron chi connectivity index (χ4n) is 1.90. The Hall–Kier alpha value is -1.52. The van der Waals surface area contributed by atoms with Crippen LogP contribution < -0.4 is 9.47 Å². The van der Waals surface area contributed by atoms with E-state index in [1.165, 1.54) is 0 Å². The molecule has 2 aromatic carbocycles. The van der Waals surface area contributed by atoms with E-state index in [0.717, 1.165) is 33.8 Å². The first-order valence-electron chi connectivity index (χ1n) is 6.33. The van der Waals surface area contributed by atoms with Crippen LogP contribution in [0.2, 0.25) is 0 Å². The van der Waals surface area contributed by atoms with Crippen LogP contribution in [-0.2, 0) is 6.54 Å². The minimum atomic E-state index is 0.770. The number of halogens is 1. The van der Waals surface area contributed by atoms with Gasteiger partial charge in [-0.3, -0.25) is 0 Å². The Morgan fingerprint density at radius 1 is 1.05 bits per heavy atom. The summed E-state index contributed by atoms with van der Waals surface area (Å²) in [6, 6.07) is 13.6. The maximum atomic E-state index is 5.98. The molecule has 0 amide bonds. The predicted molar refractivity (Wildman–Crippen MR) is 84.6 cm³/mol. The van der Waals surface area contributed by atoms with Gasteiger partial charge in [0.15, 0.2) is 0 Å². The zero-order valence-corrected chi connectivity index (χ0v) is 13.5. The van der Waals surface area contributed by atoms with Gasteiger partial charge in [-0.25, -0.2) is 0 Å². The maximum absolute atomic E-state index is 5.98. The third-order valence-corrected chi connectivity index (χ3v) is 3.27. The number of rotatable bonds is 5. The Morgan fingerprint density at radius 3 is 2.50 bits per heavy atom. The van der Waals surface area contributed by atoms with Gasteiger partial charge in [0.05, 0.1) is 7.11 Å². The topological polar surface area (TPSA) is 21.7 Å². The lowest BCUT2D eigenvalue weighted by molar-refractivity contribution is 0.386. The molecule has 2 rings (SSSR count). The molecule has 0 aliphatic carbocycles. The second kappa shape index (κ2) is 6.77. The summed E-state index contributed by atoms with van der Waals surface area (Å²) >= 11 is 3.50. The Bertz CT molecular complexity index is 584. The van der Waals surface area contributed by atoms with E-state index in [1.54, 1.807) is 7.11 Å². The van der Waals surface area contributed by atoms with E-state index < -0.39 is 0 Å². The largest absolute Gasteiger partial charge is 0.497 e. The van der Waals surface area contributed by atoms with Crippen LogP contribution in [0.5, 0.6) is 17.2 Å². The number of hydrogen-bond acceptors (Lipinski definition) is 3. The van der Waals surface area contributed by atoms with Gasteiger partial charge in [-0.15, -0.1) is 0 Å². The molecule has 0 heterocycles. The second-order valence-electron chi connectivity index (χ2n) is 4.77. The van der Waals surface area contributed by atoms with Gasteiger partial charge in [0.25, 0.3) is 0 Å². The highest BCUT2D eigenvalue weighted by Crippen LogP contribution is 2.30. The summed E-state index contributed by atoms with van der Waals surface area (Å²) in [4.78, 5) is 2.11. The lowest BCUT2D eigenvalue weighted by atomic mass is 10.2. The molecule has 0 aliphatic rings. The van der Waals surface area contributed by atoms with Crippen LogP contribution in [0.1, 0.15) is 5.56 Å². The van der Waals surface area contributed by atoms with E-state index >= 15 is 0 Å². The highest BCUT2D eigenvalue weighted by Gasteiger charge is 2.07. The molecule has 0 N–H and O–H groups in total. The maximum Gasteiger partial charge on any atom is 0.132 e. The van der Waals surface area contributed by atoms with E-state index in [4.69, 9.17) is 9.47 Å². The summed E-state index contributed by atoms with van der Waals surface area (Å²) in [6.45, 7) is 0.818. The van der Waals surface area contributed by atoms with Gasteiger partial charge < -0.3 is 14.4 Å². The third kappa shape index (κ3) is 3.99. The number of nitrogens with zero attached hydrogens (tertiary/aromatic N) is 1. The molecule has 3 nitrogen and oxygen atoms in total. The summed E-state index contributed by atoms with van der Waals surface area (Å²) in [7, 11) is 5.72. The normalized spacial score (nSPS) is 10.7. The van der Waals surface area contributed by atoms with Crippen molar-refractivity contribution in [2.45, 2.75) is 6.54 Å². The van der Waals surface area contributed by atoms with E-state index in [2.05, 4.69) is 26.9 Å².